The van der Waals surface area contributed by atoms with Crippen LogP contribution >= 0.6 is 11.6 Å². The van der Waals surface area contributed by atoms with Crippen LogP contribution in [0, 0.1) is 11.7 Å². The van der Waals surface area contributed by atoms with Crippen molar-refractivity contribution in [1.29, 1.82) is 0 Å². The number of fused-ring (bicyclic) bond motifs is 1. The molecule has 2 rings (SSSR count). The van der Waals surface area contributed by atoms with Gasteiger partial charge in [-0.1, -0.05) is 24.9 Å². The highest BCUT2D eigenvalue weighted by Crippen LogP contribution is 2.31. The van der Waals surface area contributed by atoms with E-state index in [9.17, 15) is 4.39 Å². The lowest BCUT2D eigenvalue weighted by Crippen LogP contribution is -2.18. The number of rotatable bonds is 2. The minimum atomic E-state index is -0.372. The van der Waals surface area contributed by atoms with E-state index in [4.69, 9.17) is 11.6 Å². The summed E-state index contributed by atoms with van der Waals surface area (Å²) in [6, 6.07) is 3.10. The molecule has 0 radical (unpaired) electrons. The van der Waals surface area contributed by atoms with Gasteiger partial charge >= 0.3 is 0 Å². The van der Waals surface area contributed by atoms with Crippen molar-refractivity contribution >= 4 is 23.0 Å². The summed E-state index contributed by atoms with van der Waals surface area (Å²) >= 11 is 5.75. The third-order valence-corrected chi connectivity index (χ3v) is 3.21. The maximum atomic E-state index is 13.3. The van der Waals surface area contributed by atoms with Gasteiger partial charge in [-0.15, -0.1) is 0 Å². The molecule has 1 unspecified atom stereocenters. The summed E-state index contributed by atoms with van der Waals surface area (Å²) in [4.78, 5) is 0. The second-order valence-corrected chi connectivity index (χ2v) is 4.64. The van der Waals surface area contributed by atoms with E-state index in [0.717, 1.165) is 24.5 Å². The van der Waals surface area contributed by atoms with Crippen molar-refractivity contribution in [3.63, 3.8) is 0 Å². The zero-order chi connectivity index (χ0) is 11.5. The Bertz CT molecular complexity index is 349. The Morgan fingerprint density at radius 1 is 1.31 bits per heavy atom. The summed E-state index contributed by atoms with van der Waals surface area (Å²) in [5.74, 6) is 0.211. The standard InChI is InChI=1S/C12H16ClFN2/c1-2-3-8-6-15-11-4-9(13)10(14)5-12(11)16-7-8/h4-5,8,15-16H,2-3,6-7H2,1H3. The van der Waals surface area contributed by atoms with E-state index in [1.807, 2.05) is 0 Å². The number of nitrogens with one attached hydrogen (secondary N) is 2. The minimum absolute atomic E-state index is 0.169. The monoisotopic (exact) mass is 242 g/mol. The molecule has 0 saturated carbocycles. The van der Waals surface area contributed by atoms with Gasteiger partial charge in [-0.2, -0.15) is 0 Å². The quantitative estimate of drug-likeness (QED) is 0.826. The predicted molar refractivity (Wildman–Crippen MR) is 66.8 cm³/mol. The topological polar surface area (TPSA) is 24.1 Å². The Morgan fingerprint density at radius 2 is 1.94 bits per heavy atom. The molecule has 2 N–H and O–H groups in total. The maximum absolute atomic E-state index is 13.3. The fourth-order valence-corrected chi connectivity index (χ4v) is 2.20. The fourth-order valence-electron chi connectivity index (χ4n) is 2.03. The van der Waals surface area contributed by atoms with Gasteiger partial charge in [-0.05, 0) is 18.4 Å². The molecule has 1 atom stereocenters. The normalized spacial score (nSPS) is 19.3. The molecule has 0 aromatic heterocycles. The Hall–Kier alpha value is -0.960. The molecule has 1 aliphatic heterocycles. The molecule has 1 aromatic carbocycles. The SMILES string of the molecule is CCCC1CNc2cc(F)c(Cl)cc2NC1. The first kappa shape index (κ1) is 11.5. The molecule has 88 valence electrons. The molecule has 4 heteroatoms. The van der Waals surface area contributed by atoms with Gasteiger partial charge in [0.05, 0.1) is 16.4 Å². The summed E-state index contributed by atoms with van der Waals surface area (Å²) in [6.07, 6.45) is 2.34. The molecule has 0 bridgehead atoms. The van der Waals surface area contributed by atoms with Crippen LogP contribution in [0.15, 0.2) is 12.1 Å². The summed E-state index contributed by atoms with van der Waals surface area (Å²) in [5.41, 5.74) is 1.70. The molecule has 0 fully saturated rings. The first-order chi connectivity index (χ1) is 7.70. The Balaban J connectivity index is 2.17. The third kappa shape index (κ3) is 2.40. The van der Waals surface area contributed by atoms with Crippen molar-refractivity contribution in [2.75, 3.05) is 23.7 Å². The largest absolute Gasteiger partial charge is 0.383 e. The van der Waals surface area contributed by atoms with Crippen molar-refractivity contribution < 1.29 is 4.39 Å². The molecule has 0 aliphatic carbocycles. The number of anilines is 2. The van der Waals surface area contributed by atoms with Gasteiger partial charge in [0.25, 0.3) is 0 Å². The van der Waals surface area contributed by atoms with E-state index in [2.05, 4.69) is 17.6 Å². The number of benzene rings is 1. The van der Waals surface area contributed by atoms with Crippen molar-refractivity contribution in [2.45, 2.75) is 19.8 Å². The fraction of sp³-hybridized carbons (Fsp3) is 0.500. The third-order valence-electron chi connectivity index (χ3n) is 2.92. The Morgan fingerprint density at radius 3 is 2.56 bits per heavy atom. The van der Waals surface area contributed by atoms with Crippen LogP contribution in [0.5, 0.6) is 0 Å². The second kappa shape index (κ2) is 4.91. The molecule has 1 aliphatic rings. The lowest BCUT2D eigenvalue weighted by Gasteiger charge is -2.12. The maximum Gasteiger partial charge on any atom is 0.143 e. The Kier molecular flexibility index (Phi) is 3.54. The molecular formula is C12H16ClFN2. The highest BCUT2D eigenvalue weighted by Gasteiger charge is 2.16. The van der Waals surface area contributed by atoms with E-state index in [1.165, 1.54) is 18.9 Å². The summed E-state index contributed by atoms with van der Waals surface area (Å²) in [6.45, 7) is 3.97. The number of hydrogen-bond donors (Lipinski definition) is 2. The average Bonchev–Trinajstić information content (AvgIpc) is 2.44. The first-order valence-electron chi connectivity index (χ1n) is 5.67. The zero-order valence-corrected chi connectivity index (χ0v) is 10.1. The first-order valence-corrected chi connectivity index (χ1v) is 6.05. The van der Waals surface area contributed by atoms with Crippen LogP contribution in [-0.2, 0) is 0 Å². The summed E-state index contributed by atoms with van der Waals surface area (Å²) in [7, 11) is 0. The molecule has 1 aromatic rings. The van der Waals surface area contributed by atoms with Crippen molar-refractivity contribution in [3.05, 3.63) is 23.0 Å². The van der Waals surface area contributed by atoms with Gasteiger partial charge in [0, 0.05) is 19.2 Å². The predicted octanol–water partition coefficient (Wildman–Crippen LogP) is 3.73. The molecule has 16 heavy (non-hydrogen) atoms. The van der Waals surface area contributed by atoms with Gasteiger partial charge in [0.1, 0.15) is 5.82 Å². The smallest absolute Gasteiger partial charge is 0.143 e. The van der Waals surface area contributed by atoms with Gasteiger partial charge in [0.2, 0.25) is 0 Å². The highest BCUT2D eigenvalue weighted by atomic mass is 35.5. The van der Waals surface area contributed by atoms with E-state index >= 15 is 0 Å². The van der Waals surface area contributed by atoms with Gasteiger partial charge < -0.3 is 10.6 Å². The van der Waals surface area contributed by atoms with Crippen LogP contribution < -0.4 is 10.6 Å². The van der Waals surface area contributed by atoms with Gasteiger partial charge in [-0.25, -0.2) is 4.39 Å². The summed E-state index contributed by atoms with van der Waals surface area (Å²) < 4.78 is 13.3. The van der Waals surface area contributed by atoms with E-state index in [-0.39, 0.29) is 10.8 Å². The lowest BCUT2D eigenvalue weighted by atomic mass is 10.0. The van der Waals surface area contributed by atoms with Crippen LogP contribution in [0.25, 0.3) is 0 Å². The number of halogens is 2. The lowest BCUT2D eigenvalue weighted by molar-refractivity contribution is 0.531. The average molecular weight is 243 g/mol. The van der Waals surface area contributed by atoms with Crippen molar-refractivity contribution in [1.82, 2.24) is 0 Å². The van der Waals surface area contributed by atoms with E-state index < -0.39 is 0 Å². The van der Waals surface area contributed by atoms with Crippen LogP contribution in [0.1, 0.15) is 19.8 Å². The Labute approximate surface area is 100 Å². The van der Waals surface area contributed by atoms with E-state index in [1.54, 1.807) is 6.07 Å². The van der Waals surface area contributed by atoms with Crippen molar-refractivity contribution in [3.8, 4) is 0 Å². The molecule has 0 spiro atoms. The number of hydrogen-bond acceptors (Lipinski definition) is 2. The molecule has 2 nitrogen and oxygen atoms in total. The van der Waals surface area contributed by atoms with Crippen molar-refractivity contribution in [2.24, 2.45) is 5.92 Å². The molecule has 0 amide bonds. The molecule has 1 heterocycles. The zero-order valence-electron chi connectivity index (χ0n) is 9.32. The molecular weight excluding hydrogens is 227 g/mol. The van der Waals surface area contributed by atoms with Crippen LogP contribution in [0.2, 0.25) is 5.02 Å². The minimum Gasteiger partial charge on any atom is -0.383 e. The van der Waals surface area contributed by atoms with Gasteiger partial charge in [-0.3, -0.25) is 0 Å². The van der Waals surface area contributed by atoms with Crippen LogP contribution in [0.3, 0.4) is 0 Å². The molecule has 0 saturated heterocycles. The summed E-state index contributed by atoms with van der Waals surface area (Å²) in [5, 5.41) is 6.75. The van der Waals surface area contributed by atoms with Gasteiger partial charge in [0.15, 0.2) is 0 Å². The van der Waals surface area contributed by atoms with Crippen LogP contribution in [-0.4, -0.2) is 13.1 Å². The van der Waals surface area contributed by atoms with E-state index in [0.29, 0.717) is 5.92 Å². The highest BCUT2D eigenvalue weighted by molar-refractivity contribution is 6.31. The second-order valence-electron chi connectivity index (χ2n) is 4.23. The van der Waals surface area contributed by atoms with Crippen LogP contribution in [0.4, 0.5) is 15.8 Å².